The minimum absolute atomic E-state index is 0.167. The number of nitrogens with zero attached hydrogens (tertiary/aromatic N) is 2. The molecule has 0 saturated heterocycles. The normalized spacial score (nSPS) is 10.2. The van der Waals surface area contributed by atoms with Gasteiger partial charge in [0.2, 0.25) is 0 Å². The Labute approximate surface area is 152 Å². The second-order valence-electron chi connectivity index (χ2n) is 5.69. The molecule has 0 aliphatic heterocycles. The van der Waals surface area contributed by atoms with Crippen LogP contribution in [0.25, 0.3) is 11.3 Å². The lowest BCUT2D eigenvalue weighted by atomic mass is 10.1. The summed E-state index contributed by atoms with van der Waals surface area (Å²) in [7, 11) is 1.60. The van der Waals surface area contributed by atoms with Gasteiger partial charge in [0, 0.05) is 11.8 Å². The summed E-state index contributed by atoms with van der Waals surface area (Å²) in [6.45, 7) is 0.737. The van der Waals surface area contributed by atoms with Gasteiger partial charge < -0.3 is 10.1 Å². The third-order valence-electron chi connectivity index (χ3n) is 3.89. The maximum absolute atomic E-state index is 12.5. The van der Waals surface area contributed by atoms with E-state index in [1.54, 1.807) is 18.0 Å². The van der Waals surface area contributed by atoms with Crippen LogP contribution in [0, 0.1) is 12.3 Å². The maximum Gasteiger partial charge on any atom is 0.255 e. The molecule has 1 amide bonds. The number of ether oxygens (including phenoxy) is 1. The quantitative estimate of drug-likeness (QED) is 0.699. The SMILES string of the molecule is C#CCNC(=O)c1cn(Cc2ccccc2)nc1-c1cccc(OC)c1. The number of terminal acetylenes is 1. The average Bonchev–Trinajstić information content (AvgIpc) is 3.11. The zero-order valence-electron chi connectivity index (χ0n) is 14.5. The molecule has 0 spiro atoms. The first-order valence-corrected chi connectivity index (χ1v) is 8.18. The van der Waals surface area contributed by atoms with Crippen LogP contribution in [0.4, 0.5) is 0 Å². The Kier molecular flexibility index (Phi) is 5.35. The van der Waals surface area contributed by atoms with Crippen molar-refractivity contribution >= 4 is 5.91 Å². The van der Waals surface area contributed by atoms with Crippen molar-refractivity contribution in [2.24, 2.45) is 0 Å². The van der Waals surface area contributed by atoms with Gasteiger partial charge in [0.1, 0.15) is 11.4 Å². The van der Waals surface area contributed by atoms with Gasteiger partial charge in [-0.1, -0.05) is 48.4 Å². The lowest BCUT2D eigenvalue weighted by Crippen LogP contribution is -2.23. The van der Waals surface area contributed by atoms with Crippen LogP contribution in [0.1, 0.15) is 15.9 Å². The van der Waals surface area contributed by atoms with Gasteiger partial charge in [0.05, 0.1) is 25.8 Å². The van der Waals surface area contributed by atoms with Crippen LogP contribution in [0.2, 0.25) is 0 Å². The van der Waals surface area contributed by atoms with Gasteiger partial charge in [-0.3, -0.25) is 9.48 Å². The van der Waals surface area contributed by atoms with Gasteiger partial charge >= 0.3 is 0 Å². The van der Waals surface area contributed by atoms with Crippen molar-refractivity contribution in [3.63, 3.8) is 0 Å². The van der Waals surface area contributed by atoms with Crippen LogP contribution in [0.3, 0.4) is 0 Å². The summed E-state index contributed by atoms with van der Waals surface area (Å²) >= 11 is 0. The van der Waals surface area contributed by atoms with E-state index in [1.807, 2.05) is 54.6 Å². The third-order valence-corrected chi connectivity index (χ3v) is 3.89. The Morgan fingerprint density at radius 3 is 2.77 bits per heavy atom. The smallest absolute Gasteiger partial charge is 0.255 e. The van der Waals surface area contributed by atoms with Crippen LogP contribution in [-0.2, 0) is 6.54 Å². The fourth-order valence-corrected chi connectivity index (χ4v) is 2.65. The molecule has 130 valence electrons. The Balaban J connectivity index is 1.99. The first-order chi connectivity index (χ1) is 12.7. The molecule has 3 rings (SSSR count). The van der Waals surface area contributed by atoms with Crippen LogP contribution >= 0.6 is 0 Å². The molecule has 2 aromatic carbocycles. The van der Waals surface area contributed by atoms with Crippen LogP contribution in [0.5, 0.6) is 5.75 Å². The van der Waals surface area contributed by atoms with E-state index in [-0.39, 0.29) is 12.5 Å². The zero-order valence-corrected chi connectivity index (χ0v) is 14.5. The Morgan fingerprint density at radius 2 is 2.04 bits per heavy atom. The summed E-state index contributed by atoms with van der Waals surface area (Å²) in [4.78, 5) is 12.5. The van der Waals surface area contributed by atoms with Crippen molar-refractivity contribution in [2.75, 3.05) is 13.7 Å². The number of methoxy groups -OCH3 is 1. The van der Waals surface area contributed by atoms with Gasteiger partial charge in [-0.25, -0.2) is 0 Å². The Morgan fingerprint density at radius 1 is 1.23 bits per heavy atom. The Bertz CT molecular complexity index is 939. The minimum Gasteiger partial charge on any atom is -0.497 e. The molecule has 1 heterocycles. The summed E-state index contributed by atoms with van der Waals surface area (Å²) < 4.78 is 7.04. The number of carbonyl (C=O) groups is 1. The van der Waals surface area contributed by atoms with Gasteiger partial charge in [-0.05, 0) is 17.7 Å². The molecule has 26 heavy (non-hydrogen) atoms. The highest BCUT2D eigenvalue weighted by atomic mass is 16.5. The summed E-state index contributed by atoms with van der Waals surface area (Å²) in [6.07, 6.45) is 6.99. The minimum atomic E-state index is -0.250. The van der Waals surface area contributed by atoms with E-state index in [0.717, 1.165) is 11.1 Å². The van der Waals surface area contributed by atoms with Crippen LogP contribution in [-0.4, -0.2) is 29.3 Å². The first kappa shape index (κ1) is 17.3. The number of carbonyl (C=O) groups excluding carboxylic acids is 1. The predicted molar refractivity (Wildman–Crippen MR) is 101 cm³/mol. The highest BCUT2D eigenvalue weighted by Crippen LogP contribution is 2.26. The van der Waals surface area contributed by atoms with Crippen molar-refractivity contribution in [3.8, 4) is 29.4 Å². The van der Waals surface area contributed by atoms with E-state index in [4.69, 9.17) is 11.2 Å². The van der Waals surface area contributed by atoms with Gasteiger partial charge in [0.25, 0.3) is 5.91 Å². The van der Waals surface area contributed by atoms with Crippen molar-refractivity contribution < 1.29 is 9.53 Å². The number of hydrogen-bond donors (Lipinski definition) is 1. The molecule has 0 fully saturated rings. The molecule has 0 aliphatic carbocycles. The fraction of sp³-hybridized carbons (Fsp3) is 0.143. The highest BCUT2D eigenvalue weighted by molar-refractivity contribution is 6.00. The molecule has 0 radical (unpaired) electrons. The number of hydrogen-bond acceptors (Lipinski definition) is 3. The van der Waals surface area contributed by atoms with Gasteiger partial charge in [-0.2, -0.15) is 5.10 Å². The first-order valence-electron chi connectivity index (χ1n) is 8.18. The molecule has 1 aromatic heterocycles. The van der Waals surface area contributed by atoms with Crippen molar-refractivity contribution in [1.82, 2.24) is 15.1 Å². The molecule has 0 atom stereocenters. The van der Waals surface area contributed by atoms with E-state index in [1.165, 1.54) is 0 Å². The highest BCUT2D eigenvalue weighted by Gasteiger charge is 2.18. The van der Waals surface area contributed by atoms with E-state index >= 15 is 0 Å². The maximum atomic E-state index is 12.5. The molecular weight excluding hydrogens is 326 g/mol. The number of rotatable bonds is 6. The van der Waals surface area contributed by atoms with E-state index in [2.05, 4.69) is 16.3 Å². The molecule has 5 heteroatoms. The lowest BCUT2D eigenvalue weighted by molar-refractivity contribution is 0.0959. The fourth-order valence-electron chi connectivity index (χ4n) is 2.65. The standard InChI is InChI=1S/C21H19N3O2/c1-3-12-22-21(25)19-15-24(14-16-8-5-4-6-9-16)23-20(19)17-10-7-11-18(13-17)26-2/h1,4-11,13,15H,12,14H2,2H3,(H,22,25). The largest absolute Gasteiger partial charge is 0.497 e. The molecule has 5 nitrogen and oxygen atoms in total. The van der Waals surface area contributed by atoms with Gasteiger partial charge in [0.15, 0.2) is 0 Å². The summed E-state index contributed by atoms with van der Waals surface area (Å²) in [5, 5.41) is 7.33. The van der Waals surface area contributed by atoms with Crippen LogP contribution < -0.4 is 10.1 Å². The second-order valence-corrected chi connectivity index (χ2v) is 5.69. The van der Waals surface area contributed by atoms with Crippen LogP contribution in [0.15, 0.2) is 60.8 Å². The molecular formula is C21H19N3O2. The van der Waals surface area contributed by atoms with Crippen molar-refractivity contribution in [1.29, 1.82) is 0 Å². The van der Waals surface area contributed by atoms with E-state index < -0.39 is 0 Å². The Hall–Kier alpha value is -3.52. The molecule has 0 unspecified atom stereocenters. The monoisotopic (exact) mass is 345 g/mol. The third kappa shape index (κ3) is 3.93. The number of amides is 1. The lowest BCUT2D eigenvalue weighted by Gasteiger charge is -2.05. The van der Waals surface area contributed by atoms with E-state index in [9.17, 15) is 4.79 Å². The predicted octanol–water partition coefficient (Wildman–Crippen LogP) is 2.97. The average molecular weight is 345 g/mol. The van der Waals surface area contributed by atoms with Crippen molar-refractivity contribution in [3.05, 3.63) is 71.9 Å². The summed E-state index contributed by atoms with van der Waals surface area (Å²) in [6, 6.07) is 17.4. The number of benzene rings is 2. The van der Waals surface area contributed by atoms with E-state index in [0.29, 0.717) is 23.6 Å². The zero-order chi connectivity index (χ0) is 18.4. The molecule has 0 bridgehead atoms. The molecule has 1 N–H and O–H groups in total. The molecule has 0 aliphatic rings. The molecule has 0 saturated carbocycles. The van der Waals surface area contributed by atoms with Gasteiger partial charge in [-0.15, -0.1) is 6.42 Å². The molecule has 3 aromatic rings. The van der Waals surface area contributed by atoms with Crippen molar-refractivity contribution in [2.45, 2.75) is 6.54 Å². The number of aromatic nitrogens is 2. The number of nitrogens with one attached hydrogen (secondary N) is 1. The summed E-state index contributed by atoms with van der Waals surface area (Å²) in [5.41, 5.74) is 2.98. The topological polar surface area (TPSA) is 56.2 Å². The second kappa shape index (κ2) is 8.04. The summed E-state index contributed by atoms with van der Waals surface area (Å²) in [5.74, 6) is 2.87.